The van der Waals surface area contributed by atoms with E-state index >= 15 is 0 Å². The lowest BCUT2D eigenvalue weighted by Crippen LogP contribution is -2.23. The molecule has 0 bridgehead atoms. The van der Waals surface area contributed by atoms with E-state index in [1.54, 1.807) is 14.2 Å². The number of benzene rings is 2. The van der Waals surface area contributed by atoms with E-state index in [1.807, 2.05) is 48.5 Å². The zero-order valence-electron chi connectivity index (χ0n) is 13.6. The molecule has 3 N–H and O–H groups in total. The molecule has 0 atom stereocenters. The molecular formula is C18H23N3O2. The monoisotopic (exact) mass is 313 g/mol. The second-order valence-electron chi connectivity index (χ2n) is 5.12. The quantitative estimate of drug-likeness (QED) is 0.609. The van der Waals surface area contributed by atoms with Gasteiger partial charge >= 0.3 is 0 Å². The van der Waals surface area contributed by atoms with Gasteiger partial charge in [0.15, 0.2) is 5.96 Å². The number of rotatable bonds is 7. The SMILES string of the molecule is COCc1ccccc1CN=C(N)Nc1ccccc1COC. The van der Waals surface area contributed by atoms with E-state index in [0.717, 1.165) is 22.4 Å². The van der Waals surface area contributed by atoms with E-state index < -0.39 is 0 Å². The molecule has 0 radical (unpaired) electrons. The minimum absolute atomic E-state index is 0.376. The van der Waals surface area contributed by atoms with Crippen LogP contribution in [0.4, 0.5) is 5.69 Å². The van der Waals surface area contributed by atoms with Crippen molar-refractivity contribution in [1.29, 1.82) is 0 Å². The van der Waals surface area contributed by atoms with E-state index in [9.17, 15) is 0 Å². The third kappa shape index (κ3) is 5.09. The third-order valence-electron chi connectivity index (χ3n) is 3.42. The Hall–Kier alpha value is -2.37. The third-order valence-corrected chi connectivity index (χ3v) is 3.42. The molecule has 0 amide bonds. The molecule has 0 unspecified atom stereocenters. The molecule has 0 aliphatic carbocycles. The Bertz CT molecular complexity index is 656. The number of methoxy groups -OCH3 is 2. The average Bonchev–Trinajstić information content (AvgIpc) is 2.56. The second-order valence-corrected chi connectivity index (χ2v) is 5.12. The van der Waals surface area contributed by atoms with E-state index in [-0.39, 0.29) is 0 Å². The molecular weight excluding hydrogens is 290 g/mol. The van der Waals surface area contributed by atoms with Gasteiger partial charge in [-0.3, -0.25) is 0 Å². The van der Waals surface area contributed by atoms with Crippen molar-refractivity contribution >= 4 is 11.6 Å². The van der Waals surface area contributed by atoms with Crippen molar-refractivity contribution in [1.82, 2.24) is 0 Å². The lowest BCUT2D eigenvalue weighted by Gasteiger charge is -2.11. The summed E-state index contributed by atoms with van der Waals surface area (Å²) in [6, 6.07) is 15.9. The maximum Gasteiger partial charge on any atom is 0.193 e. The Kier molecular flexibility index (Phi) is 6.59. The summed E-state index contributed by atoms with van der Waals surface area (Å²) < 4.78 is 10.4. The van der Waals surface area contributed by atoms with Gasteiger partial charge in [0.2, 0.25) is 0 Å². The van der Waals surface area contributed by atoms with Crippen molar-refractivity contribution in [3.05, 3.63) is 65.2 Å². The van der Waals surface area contributed by atoms with Gasteiger partial charge in [-0.05, 0) is 17.2 Å². The number of ether oxygens (including phenoxy) is 2. The summed E-state index contributed by atoms with van der Waals surface area (Å²) in [6.07, 6.45) is 0. The predicted molar refractivity (Wildman–Crippen MR) is 93.3 cm³/mol. The number of anilines is 1. The summed E-state index contributed by atoms with van der Waals surface area (Å²) in [6.45, 7) is 1.59. The number of guanidine groups is 1. The van der Waals surface area contributed by atoms with E-state index in [4.69, 9.17) is 15.2 Å². The molecule has 23 heavy (non-hydrogen) atoms. The molecule has 0 aromatic heterocycles. The predicted octanol–water partition coefficient (Wildman–Crippen LogP) is 2.91. The van der Waals surface area contributed by atoms with Crippen LogP contribution >= 0.6 is 0 Å². The Morgan fingerprint density at radius 1 is 0.913 bits per heavy atom. The first-order chi connectivity index (χ1) is 11.2. The minimum Gasteiger partial charge on any atom is -0.380 e. The van der Waals surface area contributed by atoms with Gasteiger partial charge < -0.3 is 20.5 Å². The summed E-state index contributed by atoms with van der Waals surface area (Å²) >= 11 is 0. The second kappa shape index (κ2) is 8.92. The maximum absolute atomic E-state index is 6.01. The first kappa shape index (κ1) is 17.0. The molecule has 0 heterocycles. The van der Waals surface area contributed by atoms with Crippen LogP contribution in [0.5, 0.6) is 0 Å². The molecule has 2 aromatic carbocycles. The summed E-state index contributed by atoms with van der Waals surface area (Å²) in [5.41, 5.74) is 10.2. The Morgan fingerprint density at radius 3 is 2.17 bits per heavy atom. The van der Waals surface area contributed by atoms with Crippen LogP contribution in [0.3, 0.4) is 0 Å². The highest BCUT2D eigenvalue weighted by Gasteiger charge is 2.04. The molecule has 122 valence electrons. The van der Waals surface area contributed by atoms with E-state index in [0.29, 0.717) is 25.7 Å². The minimum atomic E-state index is 0.376. The molecule has 5 heteroatoms. The van der Waals surface area contributed by atoms with Gasteiger partial charge in [0.1, 0.15) is 0 Å². The van der Waals surface area contributed by atoms with Gasteiger partial charge in [0, 0.05) is 25.5 Å². The molecule has 0 spiro atoms. The molecule has 0 saturated carbocycles. The fourth-order valence-electron chi connectivity index (χ4n) is 2.28. The number of nitrogens with two attached hydrogens (primary N) is 1. The zero-order chi connectivity index (χ0) is 16.5. The van der Waals surface area contributed by atoms with Crippen LogP contribution in [0.15, 0.2) is 53.5 Å². The number of para-hydroxylation sites is 1. The summed E-state index contributed by atoms with van der Waals surface area (Å²) in [7, 11) is 3.35. The standard InChI is InChI=1S/C18H23N3O2/c1-22-12-15-8-4-3-7-14(15)11-20-18(19)21-17-10-6-5-9-16(17)13-23-2/h3-10H,11-13H2,1-2H3,(H3,19,20,21). The Balaban J connectivity index is 2.07. The Morgan fingerprint density at radius 2 is 1.48 bits per heavy atom. The fraction of sp³-hybridized carbons (Fsp3) is 0.278. The first-order valence-electron chi connectivity index (χ1n) is 7.44. The summed E-state index contributed by atoms with van der Waals surface area (Å²) in [5.74, 6) is 0.376. The molecule has 2 rings (SSSR count). The highest BCUT2D eigenvalue weighted by atomic mass is 16.5. The number of nitrogens with one attached hydrogen (secondary N) is 1. The van der Waals surface area contributed by atoms with Gasteiger partial charge in [-0.25, -0.2) is 4.99 Å². The number of hydrogen-bond donors (Lipinski definition) is 2. The van der Waals surface area contributed by atoms with Crippen LogP contribution in [0.2, 0.25) is 0 Å². The number of nitrogens with zero attached hydrogens (tertiary/aromatic N) is 1. The van der Waals surface area contributed by atoms with Crippen molar-refractivity contribution in [2.24, 2.45) is 10.7 Å². The first-order valence-corrected chi connectivity index (χ1v) is 7.44. The lowest BCUT2D eigenvalue weighted by atomic mass is 10.1. The van der Waals surface area contributed by atoms with Gasteiger partial charge in [-0.15, -0.1) is 0 Å². The van der Waals surface area contributed by atoms with Crippen molar-refractivity contribution in [2.45, 2.75) is 19.8 Å². The largest absolute Gasteiger partial charge is 0.380 e. The van der Waals surface area contributed by atoms with Crippen LogP contribution in [0.1, 0.15) is 16.7 Å². The van der Waals surface area contributed by atoms with Gasteiger partial charge in [-0.2, -0.15) is 0 Å². The summed E-state index contributed by atoms with van der Waals surface area (Å²) in [4.78, 5) is 4.42. The molecule has 0 aliphatic rings. The van der Waals surface area contributed by atoms with Crippen LogP contribution in [0, 0.1) is 0 Å². The molecule has 0 fully saturated rings. The smallest absolute Gasteiger partial charge is 0.193 e. The van der Waals surface area contributed by atoms with Crippen molar-refractivity contribution in [2.75, 3.05) is 19.5 Å². The molecule has 5 nitrogen and oxygen atoms in total. The van der Waals surface area contributed by atoms with Crippen molar-refractivity contribution in [3.63, 3.8) is 0 Å². The van der Waals surface area contributed by atoms with Crippen LogP contribution in [0.25, 0.3) is 0 Å². The Labute approximate surface area is 137 Å². The van der Waals surface area contributed by atoms with Crippen molar-refractivity contribution in [3.8, 4) is 0 Å². The highest BCUT2D eigenvalue weighted by Crippen LogP contribution is 2.16. The van der Waals surface area contributed by atoms with Gasteiger partial charge in [0.25, 0.3) is 0 Å². The van der Waals surface area contributed by atoms with Crippen LogP contribution in [-0.4, -0.2) is 20.2 Å². The topological polar surface area (TPSA) is 68.9 Å². The van der Waals surface area contributed by atoms with E-state index in [2.05, 4.69) is 10.3 Å². The lowest BCUT2D eigenvalue weighted by molar-refractivity contribution is 0.184. The zero-order valence-corrected chi connectivity index (χ0v) is 13.6. The summed E-state index contributed by atoms with van der Waals surface area (Å²) in [5, 5.41) is 3.13. The number of aliphatic imine (C=N–C) groups is 1. The van der Waals surface area contributed by atoms with Crippen LogP contribution in [-0.2, 0) is 29.2 Å². The number of hydrogen-bond acceptors (Lipinski definition) is 3. The fourth-order valence-corrected chi connectivity index (χ4v) is 2.28. The van der Waals surface area contributed by atoms with Crippen molar-refractivity contribution < 1.29 is 9.47 Å². The molecule has 0 aliphatic heterocycles. The normalized spacial score (nSPS) is 11.5. The highest BCUT2D eigenvalue weighted by molar-refractivity contribution is 5.92. The molecule has 0 saturated heterocycles. The van der Waals surface area contributed by atoms with Crippen LogP contribution < -0.4 is 11.1 Å². The van der Waals surface area contributed by atoms with E-state index in [1.165, 1.54) is 0 Å². The van der Waals surface area contributed by atoms with Gasteiger partial charge in [0.05, 0.1) is 19.8 Å². The molecule has 2 aromatic rings. The van der Waals surface area contributed by atoms with Gasteiger partial charge in [-0.1, -0.05) is 42.5 Å². The average molecular weight is 313 g/mol. The maximum atomic E-state index is 6.01.